The van der Waals surface area contributed by atoms with E-state index in [1.54, 1.807) is 7.11 Å². The normalized spacial score (nSPS) is 16.1. The minimum atomic E-state index is 0.390. The maximum absolute atomic E-state index is 5.52. The van der Waals surface area contributed by atoms with Crippen LogP contribution in [0.15, 0.2) is 28.7 Å². The summed E-state index contributed by atoms with van der Waals surface area (Å²) >= 11 is 1.83. The molecule has 29 heavy (non-hydrogen) atoms. The van der Waals surface area contributed by atoms with Crippen LogP contribution in [0.2, 0.25) is 0 Å². The molecule has 2 aromatic heterocycles. The lowest BCUT2D eigenvalue weighted by Crippen LogP contribution is -2.42. The van der Waals surface area contributed by atoms with Crippen molar-refractivity contribution in [3.05, 3.63) is 45.4 Å². The maximum Gasteiger partial charge on any atom is 0.191 e. The van der Waals surface area contributed by atoms with Crippen LogP contribution in [0.5, 0.6) is 5.75 Å². The van der Waals surface area contributed by atoms with E-state index in [9.17, 15) is 0 Å². The fraction of sp³-hybridized carbons (Fsp3) is 0.545. The van der Waals surface area contributed by atoms with Crippen LogP contribution in [0.1, 0.15) is 47.5 Å². The summed E-state index contributed by atoms with van der Waals surface area (Å²) in [5.41, 5.74) is 3.05. The van der Waals surface area contributed by atoms with Gasteiger partial charge in [-0.05, 0) is 58.1 Å². The van der Waals surface area contributed by atoms with Crippen LogP contribution in [0.3, 0.4) is 0 Å². The van der Waals surface area contributed by atoms with E-state index in [0.717, 1.165) is 41.6 Å². The van der Waals surface area contributed by atoms with Gasteiger partial charge in [-0.2, -0.15) is 0 Å². The van der Waals surface area contributed by atoms with Gasteiger partial charge in [-0.15, -0.1) is 11.3 Å². The number of aromatic nitrogens is 1. The largest absolute Gasteiger partial charge is 0.496 e. The average Bonchev–Trinajstić information content (AvgIpc) is 3.42. The third kappa shape index (κ3) is 5.48. The molecule has 6 nitrogen and oxygen atoms in total. The van der Waals surface area contributed by atoms with Gasteiger partial charge in [0.05, 0.1) is 25.4 Å². The van der Waals surface area contributed by atoms with E-state index in [0.29, 0.717) is 12.6 Å². The van der Waals surface area contributed by atoms with Crippen LogP contribution in [0, 0.1) is 13.8 Å². The summed E-state index contributed by atoms with van der Waals surface area (Å²) in [5, 5.41) is 9.09. The number of hydrogen-bond donors (Lipinski definition) is 2. The van der Waals surface area contributed by atoms with E-state index in [1.165, 1.54) is 30.8 Å². The summed E-state index contributed by atoms with van der Waals surface area (Å²) in [6, 6.07) is 4.77. The molecule has 0 amide bonds. The SMILES string of the molecule is CCNC(=NCc1ncc(C)c(OC)c1C)NCC(c1cccs1)N1CCCC1. The average molecular weight is 416 g/mol. The van der Waals surface area contributed by atoms with Crippen LogP contribution in [0.4, 0.5) is 0 Å². The maximum atomic E-state index is 5.52. The Labute approximate surface area is 178 Å². The van der Waals surface area contributed by atoms with Gasteiger partial charge in [0.15, 0.2) is 5.96 Å². The summed E-state index contributed by atoms with van der Waals surface area (Å²) in [5.74, 6) is 1.73. The van der Waals surface area contributed by atoms with Crippen molar-refractivity contribution in [2.75, 3.05) is 33.3 Å². The van der Waals surface area contributed by atoms with Crippen molar-refractivity contribution < 1.29 is 4.74 Å². The van der Waals surface area contributed by atoms with Crippen molar-refractivity contribution in [1.29, 1.82) is 0 Å². The topological polar surface area (TPSA) is 61.8 Å². The number of methoxy groups -OCH3 is 1. The molecule has 0 radical (unpaired) electrons. The Hall–Kier alpha value is -2.12. The number of guanidine groups is 1. The second kappa shape index (κ2) is 10.6. The summed E-state index contributed by atoms with van der Waals surface area (Å²) < 4.78 is 5.52. The lowest BCUT2D eigenvalue weighted by Gasteiger charge is -2.27. The quantitative estimate of drug-likeness (QED) is 0.509. The van der Waals surface area contributed by atoms with Gasteiger partial charge in [-0.1, -0.05) is 6.07 Å². The minimum Gasteiger partial charge on any atom is -0.496 e. The van der Waals surface area contributed by atoms with E-state index in [2.05, 4.69) is 45.0 Å². The third-order valence-electron chi connectivity index (χ3n) is 5.40. The molecule has 0 bridgehead atoms. The molecule has 2 aromatic rings. The molecular formula is C22H33N5OS. The number of thiophene rings is 1. The van der Waals surface area contributed by atoms with E-state index in [4.69, 9.17) is 9.73 Å². The molecule has 1 fully saturated rings. The molecule has 1 aliphatic heterocycles. The Morgan fingerprint density at radius 2 is 2.10 bits per heavy atom. The first-order valence-electron chi connectivity index (χ1n) is 10.4. The molecule has 2 N–H and O–H groups in total. The van der Waals surface area contributed by atoms with Crippen molar-refractivity contribution >= 4 is 17.3 Å². The number of likely N-dealkylation sites (tertiary alicyclic amines) is 1. The van der Waals surface area contributed by atoms with Crippen molar-refractivity contribution in [3.8, 4) is 5.75 Å². The fourth-order valence-electron chi connectivity index (χ4n) is 3.86. The molecular weight excluding hydrogens is 382 g/mol. The standard InChI is InChI=1S/C22H33N5OS/c1-5-23-22(25-14-18-17(3)21(28-4)16(2)13-24-18)26-15-19(20-9-8-12-29-20)27-10-6-7-11-27/h8-9,12-13,19H,5-7,10-11,14-15H2,1-4H3,(H2,23,25,26). The lowest BCUT2D eigenvalue weighted by atomic mass is 10.1. The molecule has 1 aliphatic rings. The molecule has 7 heteroatoms. The highest BCUT2D eigenvalue weighted by Crippen LogP contribution is 2.28. The Morgan fingerprint density at radius 3 is 2.76 bits per heavy atom. The van der Waals surface area contributed by atoms with Crippen LogP contribution in [0.25, 0.3) is 0 Å². The summed E-state index contributed by atoms with van der Waals surface area (Å²) in [6.07, 6.45) is 4.43. The van der Waals surface area contributed by atoms with E-state index in [-0.39, 0.29) is 0 Å². The number of rotatable bonds is 8. The molecule has 1 saturated heterocycles. The number of pyridine rings is 1. The third-order valence-corrected chi connectivity index (χ3v) is 6.37. The van der Waals surface area contributed by atoms with Gasteiger partial charge in [-0.25, -0.2) is 4.99 Å². The van der Waals surface area contributed by atoms with Crippen LogP contribution >= 0.6 is 11.3 Å². The van der Waals surface area contributed by atoms with Crippen molar-refractivity contribution in [2.45, 2.75) is 46.2 Å². The van der Waals surface area contributed by atoms with Gasteiger partial charge in [0.1, 0.15) is 5.75 Å². The highest BCUT2D eigenvalue weighted by Gasteiger charge is 2.24. The van der Waals surface area contributed by atoms with Gasteiger partial charge in [0.25, 0.3) is 0 Å². The van der Waals surface area contributed by atoms with Crippen molar-refractivity contribution in [1.82, 2.24) is 20.5 Å². The summed E-state index contributed by atoms with van der Waals surface area (Å²) in [6.45, 7) is 10.7. The van der Waals surface area contributed by atoms with E-state index in [1.807, 2.05) is 31.4 Å². The molecule has 0 spiro atoms. The van der Waals surface area contributed by atoms with Gasteiger partial charge in [0.2, 0.25) is 0 Å². The molecule has 3 rings (SSSR count). The highest BCUT2D eigenvalue weighted by atomic mass is 32.1. The second-order valence-corrected chi connectivity index (χ2v) is 8.38. The number of aliphatic imine (C=N–C) groups is 1. The zero-order valence-electron chi connectivity index (χ0n) is 18.0. The van der Waals surface area contributed by atoms with Crippen LogP contribution < -0.4 is 15.4 Å². The minimum absolute atomic E-state index is 0.390. The zero-order valence-corrected chi connectivity index (χ0v) is 18.8. The smallest absolute Gasteiger partial charge is 0.191 e. The summed E-state index contributed by atoms with van der Waals surface area (Å²) in [4.78, 5) is 13.4. The second-order valence-electron chi connectivity index (χ2n) is 7.40. The monoisotopic (exact) mass is 415 g/mol. The van der Waals surface area contributed by atoms with Gasteiger partial charge < -0.3 is 15.4 Å². The fourth-order valence-corrected chi connectivity index (χ4v) is 4.72. The number of hydrogen-bond acceptors (Lipinski definition) is 5. The van der Waals surface area contributed by atoms with E-state index < -0.39 is 0 Å². The number of ether oxygens (including phenoxy) is 1. The Balaban J connectivity index is 1.70. The predicted molar refractivity (Wildman–Crippen MR) is 121 cm³/mol. The molecule has 158 valence electrons. The molecule has 1 unspecified atom stereocenters. The molecule has 0 aromatic carbocycles. The Kier molecular flexibility index (Phi) is 7.89. The summed E-state index contributed by atoms with van der Waals surface area (Å²) in [7, 11) is 1.71. The zero-order chi connectivity index (χ0) is 20.6. The molecule has 0 saturated carbocycles. The first-order valence-corrected chi connectivity index (χ1v) is 11.3. The first kappa shape index (κ1) is 21.6. The lowest BCUT2D eigenvalue weighted by molar-refractivity contribution is 0.249. The number of aryl methyl sites for hydroxylation is 1. The van der Waals surface area contributed by atoms with Gasteiger partial charge >= 0.3 is 0 Å². The number of nitrogens with one attached hydrogen (secondary N) is 2. The number of nitrogens with zero attached hydrogens (tertiary/aromatic N) is 3. The van der Waals surface area contributed by atoms with Crippen LogP contribution in [-0.2, 0) is 6.54 Å². The van der Waals surface area contributed by atoms with Gasteiger partial charge in [-0.3, -0.25) is 9.88 Å². The Morgan fingerprint density at radius 1 is 1.31 bits per heavy atom. The molecule has 1 atom stereocenters. The molecule has 3 heterocycles. The Bertz CT molecular complexity index is 800. The first-order chi connectivity index (χ1) is 14.1. The van der Waals surface area contributed by atoms with Crippen LogP contribution in [-0.4, -0.2) is 49.1 Å². The predicted octanol–water partition coefficient (Wildman–Crippen LogP) is 3.66. The highest BCUT2D eigenvalue weighted by molar-refractivity contribution is 7.10. The molecule has 0 aliphatic carbocycles. The van der Waals surface area contributed by atoms with E-state index >= 15 is 0 Å². The van der Waals surface area contributed by atoms with Crippen molar-refractivity contribution in [3.63, 3.8) is 0 Å². The van der Waals surface area contributed by atoms with Gasteiger partial charge in [0, 0.05) is 35.3 Å². The van der Waals surface area contributed by atoms with Crippen molar-refractivity contribution in [2.24, 2.45) is 4.99 Å².